The fourth-order valence-electron chi connectivity index (χ4n) is 1.53. The molecule has 1 aliphatic rings. The zero-order valence-corrected chi connectivity index (χ0v) is 8.50. The molecule has 0 bridgehead atoms. The average Bonchev–Trinajstić information content (AvgIpc) is 2.43. The molecule has 1 aromatic heterocycles. The molecule has 13 heavy (non-hydrogen) atoms. The number of rotatable bonds is 3. The second-order valence-corrected chi connectivity index (χ2v) is 4.56. The van der Waals surface area contributed by atoms with Crippen molar-refractivity contribution in [1.82, 2.24) is 14.8 Å². The minimum Gasteiger partial charge on any atom is -0.328 e. The van der Waals surface area contributed by atoms with Gasteiger partial charge in [-0.15, -0.1) is 0 Å². The van der Waals surface area contributed by atoms with Gasteiger partial charge in [0.05, 0.1) is 0 Å². The fraction of sp³-hybridized carbons (Fsp3) is 0.750. The molecule has 2 rings (SSSR count). The number of nitrogens with two attached hydrogens (primary N) is 1. The number of aromatic nitrogens is 3. The summed E-state index contributed by atoms with van der Waals surface area (Å²) in [6.07, 6.45) is 3.94. The summed E-state index contributed by atoms with van der Waals surface area (Å²) in [5.74, 6) is 1.91. The van der Waals surface area contributed by atoms with Crippen LogP contribution in [0.25, 0.3) is 0 Å². The Labute approximate surface area is 81.9 Å². The van der Waals surface area contributed by atoms with Gasteiger partial charge in [-0.25, -0.2) is 9.67 Å². The van der Waals surface area contributed by atoms with Crippen LogP contribution in [0.15, 0.2) is 11.5 Å². The summed E-state index contributed by atoms with van der Waals surface area (Å²) in [6.45, 7) is 0. The molecule has 72 valence electrons. The van der Waals surface area contributed by atoms with E-state index in [1.165, 1.54) is 12.8 Å². The molecule has 1 saturated carbocycles. The van der Waals surface area contributed by atoms with E-state index in [1.807, 2.05) is 11.7 Å². The maximum absolute atomic E-state index is 5.71. The molecule has 1 aliphatic carbocycles. The lowest BCUT2D eigenvalue weighted by atomic mass is 9.82. The first-order chi connectivity index (χ1) is 6.25. The van der Waals surface area contributed by atoms with Crippen LogP contribution in [0, 0.1) is 5.92 Å². The van der Waals surface area contributed by atoms with Crippen LogP contribution in [0.5, 0.6) is 0 Å². The van der Waals surface area contributed by atoms with Crippen LogP contribution in [0.3, 0.4) is 0 Å². The van der Waals surface area contributed by atoms with E-state index < -0.39 is 0 Å². The predicted octanol–water partition coefficient (Wildman–Crippen LogP) is 0.644. The third-order valence-corrected chi connectivity index (χ3v) is 3.66. The van der Waals surface area contributed by atoms with Gasteiger partial charge in [0, 0.05) is 18.8 Å². The number of aryl methyl sites for hydroxylation is 1. The molecular formula is C8H14N4S. The minimum atomic E-state index is 0.449. The van der Waals surface area contributed by atoms with E-state index in [-0.39, 0.29) is 0 Å². The first kappa shape index (κ1) is 9.02. The van der Waals surface area contributed by atoms with Gasteiger partial charge in [0.25, 0.3) is 0 Å². The molecule has 0 unspecified atom stereocenters. The molecule has 0 amide bonds. The van der Waals surface area contributed by atoms with Crippen LogP contribution in [0.4, 0.5) is 0 Å². The van der Waals surface area contributed by atoms with Crippen LogP contribution in [0.1, 0.15) is 12.8 Å². The van der Waals surface area contributed by atoms with Crippen molar-refractivity contribution in [2.24, 2.45) is 18.7 Å². The maximum Gasteiger partial charge on any atom is 0.185 e. The van der Waals surface area contributed by atoms with Crippen molar-refractivity contribution in [3.05, 3.63) is 6.33 Å². The molecule has 2 N–H and O–H groups in total. The largest absolute Gasteiger partial charge is 0.328 e. The fourth-order valence-corrected chi connectivity index (χ4v) is 2.54. The van der Waals surface area contributed by atoms with Crippen molar-refractivity contribution in [3.63, 3.8) is 0 Å². The van der Waals surface area contributed by atoms with Crippen LogP contribution in [-0.4, -0.2) is 26.6 Å². The van der Waals surface area contributed by atoms with E-state index in [1.54, 1.807) is 18.1 Å². The number of thioether (sulfide) groups is 1. The van der Waals surface area contributed by atoms with Crippen LogP contribution in [-0.2, 0) is 7.05 Å². The van der Waals surface area contributed by atoms with Gasteiger partial charge in [0.1, 0.15) is 6.33 Å². The lowest BCUT2D eigenvalue weighted by molar-refractivity contribution is 0.295. The van der Waals surface area contributed by atoms with E-state index >= 15 is 0 Å². The van der Waals surface area contributed by atoms with Crippen molar-refractivity contribution < 1.29 is 0 Å². The van der Waals surface area contributed by atoms with Crippen LogP contribution >= 0.6 is 11.8 Å². The van der Waals surface area contributed by atoms with Crippen molar-refractivity contribution in [1.29, 1.82) is 0 Å². The minimum absolute atomic E-state index is 0.449. The van der Waals surface area contributed by atoms with Crippen molar-refractivity contribution in [2.75, 3.05) is 5.75 Å². The molecule has 0 atom stereocenters. The molecule has 1 heterocycles. The first-order valence-electron chi connectivity index (χ1n) is 4.48. The summed E-state index contributed by atoms with van der Waals surface area (Å²) < 4.78 is 1.81. The van der Waals surface area contributed by atoms with Crippen molar-refractivity contribution in [2.45, 2.75) is 24.0 Å². The zero-order chi connectivity index (χ0) is 9.26. The second kappa shape index (κ2) is 3.67. The van der Waals surface area contributed by atoms with Crippen LogP contribution < -0.4 is 5.73 Å². The highest BCUT2D eigenvalue weighted by Crippen LogP contribution is 2.30. The number of nitrogens with zero attached hydrogens (tertiary/aromatic N) is 3. The van der Waals surface area contributed by atoms with Gasteiger partial charge >= 0.3 is 0 Å². The van der Waals surface area contributed by atoms with Gasteiger partial charge in [-0.2, -0.15) is 5.10 Å². The smallest absolute Gasteiger partial charge is 0.185 e. The summed E-state index contributed by atoms with van der Waals surface area (Å²) in [7, 11) is 1.92. The zero-order valence-electron chi connectivity index (χ0n) is 7.68. The molecular weight excluding hydrogens is 184 g/mol. The molecule has 5 heteroatoms. The molecule has 0 saturated heterocycles. The quantitative estimate of drug-likeness (QED) is 0.724. The summed E-state index contributed by atoms with van der Waals surface area (Å²) in [4.78, 5) is 4.15. The highest BCUT2D eigenvalue weighted by atomic mass is 32.2. The van der Waals surface area contributed by atoms with E-state index in [2.05, 4.69) is 10.1 Å². The topological polar surface area (TPSA) is 56.7 Å². The van der Waals surface area contributed by atoms with E-state index in [9.17, 15) is 0 Å². The van der Waals surface area contributed by atoms with E-state index in [0.29, 0.717) is 6.04 Å². The van der Waals surface area contributed by atoms with Crippen molar-refractivity contribution >= 4 is 11.8 Å². The maximum atomic E-state index is 5.71. The highest BCUT2D eigenvalue weighted by molar-refractivity contribution is 7.99. The molecule has 1 aromatic rings. The lowest BCUT2D eigenvalue weighted by Gasteiger charge is -2.31. The van der Waals surface area contributed by atoms with Crippen molar-refractivity contribution in [3.8, 4) is 0 Å². The molecule has 4 nitrogen and oxygen atoms in total. The summed E-state index contributed by atoms with van der Waals surface area (Å²) in [6, 6.07) is 0.449. The summed E-state index contributed by atoms with van der Waals surface area (Å²) in [5.41, 5.74) is 5.71. The third-order valence-electron chi connectivity index (χ3n) is 2.39. The lowest BCUT2D eigenvalue weighted by Crippen LogP contribution is -2.37. The Morgan fingerprint density at radius 3 is 3.00 bits per heavy atom. The molecule has 1 fully saturated rings. The first-order valence-corrected chi connectivity index (χ1v) is 5.46. The van der Waals surface area contributed by atoms with Gasteiger partial charge in [0.15, 0.2) is 5.16 Å². The predicted molar refractivity (Wildman–Crippen MR) is 52.4 cm³/mol. The number of hydrogen-bond acceptors (Lipinski definition) is 4. The third kappa shape index (κ3) is 2.03. The standard InChI is InChI=1S/C8H14N4S/c1-12-8(10-5-11-12)13-4-6-2-7(9)3-6/h5-7H,2-4,9H2,1H3. The van der Waals surface area contributed by atoms with Gasteiger partial charge in [-0.3, -0.25) is 0 Å². The van der Waals surface area contributed by atoms with Gasteiger partial charge in [0.2, 0.25) is 0 Å². The monoisotopic (exact) mass is 198 g/mol. The number of hydrogen-bond donors (Lipinski definition) is 1. The van der Waals surface area contributed by atoms with Gasteiger partial charge < -0.3 is 5.73 Å². The highest BCUT2D eigenvalue weighted by Gasteiger charge is 2.25. The summed E-state index contributed by atoms with van der Waals surface area (Å²) >= 11 is 1.77. The Balaban J connectivity index is 1.77. The van der Waals surface area contributed by atoms with E-state index in [4.69, 9.17) is 5.73 Å². The molecule has 0 spiro atoms. The normalized spacial score (nSPS) is 27.2. The average molecular weight is 198 g/mol. The Morgan fingerprint density at radius 1 is 1.69 bits per heavy atom. The molecule has 0 aliphatic heterocycles. The Kier molecular flexibility index (Phi) is 2.55. The summed E-state index contributed by atoms with van der Waals surface area (Å²) in [5, 5.41) is 5.01. The Morgan fingerprint density at radius 2 is 2.46 bits per heavy atom. The molecule has 0 radical (unpaired) electrons. The Bertz CT molecular complexity index is 279. The van der Waals surface area contributed by atoms with Gasteiger partial charge in [-0.1, -0.05) is 11.8 Å². The van der Waals surface area contributed by atoms with Gasteiger partial charge in [-0.05, 0) is 18.8 Å². The van der Waals surface area contributed by atoms with Crippen LogP contribution in [0.2, 0.25) is 0 Å². The van der Waals surface area contributed by atoms with E-state index in [0.717, 1.165) is 16.8 Å². The molecule has 0 aromatic carbocycles. The Hall–Kier alpha value is -0.550. The second-order valence-electron chi connectivity index (χ2n) is 3.57. The SMILES string of the molecule is Cn1ncnc1SCC1CC(N)C1.